The molecule has 1 atom stereocenters. The molecule has 3 rings (SSSR count). The van der Waals surface area contributed by atoms with E-state index in [2.05, 4.69) is 10.5 Å². The van der Waals surface area contributed by atoms with Crippen LogP contribution in [0, 0.1) is 6.92 Å². The second-order valence-corrected chi connectivity index (χ2v) is 6.33. The van der Waals surface area contributed by atoms with E-state index in [1.165, 1.54) is 0 Å². The highest BCUT2D eigenvalue weighted by Gasteiger charge is 2.32. The number of likely N-dealkylation sites (tertiary alicyclic amines) is 1. The minimum absolute atomic E-state index is 0.0187. The third-order valence-corrected chi connectivity index (χ3v) is 4.43. The Morgan fingerprint density at radius 3 is 2.80 bits per heavy atom. The molecule has 0 saturated carbocycles. The lowest BCUT2D eigenvalue weighted by Gasteiger charge is -2.23. The minimum Gasteiger partial charge on any atom is -0.377 e. The second kappa shape index (κ2) is 8.16. The van der Waals surface area contributed by atoms with Gasteiger partial charge in [0, 0.05) is 25.8 Å². The second-order valence-electron chi connectivity index (χ2n) is 6.33. The van der Waals surface area contributed by atoms with E-state index in [1.54, 1.807) is 0 Å². The van der Waals surface area contributed by atoms with Crippen molar-refractivity contribution < 1.29 is 14.1 Å². The van der Waals surface area contributed by atoms with Gasteiger partial charge in [0.2, 0.25) is 0 Å². The zero-order valence-corrected chi connectivity index (χ0v) is 14.8. The van der Waals surface area contributed by atoms with Gasteiger partial charge in [0.1, 0.15) is 0 Å². The Balaban J connectivity index is 1.55. The van der Waals surface area contributed by atoms with E-state index in [9.17, 15) is 4.79 Å². The number of nitrogens with zero attached hydrogens (tertiary/aromatic N) is 2. The largest absolute Gasteiger partial charge is 0.377 e. The number of hydrogen-bond acceptors (Lipinski definition) is 4. The lowest BCUT2D eigenvalue weighted by molar-refractivity contribution is 0.134. The molecule has 1 aromatic carbocycles. The zero-order chi connectivity index (χ0) is 17.6. The quantitative estimate of drug-likeness (QED) is 0.871. The van der Waals surface area contributed by atoms with Crippen LogP contribution in [0.4, 0.5) is 4.79 Å². The number of ether oxygens (including phenoxy) is 1. The highest BCUT2D eigenvalue weighted by Crippen LogP contribution is 2.32. The number of urea groups is 1. The summed E-state index contributed by atoms with van der Waals surface area (Å²) in [5.41, 5.74) is 3.05. The number of carbonyl (C=O) groups excluding carboxylic acids is 1. The van der Waals surface area contributed by atoms with E-state index in [0.29, 0.717) is 19.8 Å². The van der Waals surface area contributed by atoms with Gasteiger partial charge in [-0.3, -0.25) is 0 Å². The molecule has 1 aliphatic rings. The van der Waals surface area contributed by atoms with Gasteiger partial charge in [-0.2, -0.15) is 0 Å². The van der Waals surface area contributed by atoms with Crippen molar-refractivity contribution in [1.29, 1.82) is 0 Å². The number of benzene rings is 1. The first-order chi connectivity index (χ1) is 12.2. The van der Waals surface area contributed by atoms with Crippen LogP contribution in [0.2, 0.25) is 0 Å². The maximum absolute atomic E-state index is 12.6. The summed E-state index contributed by atoms with van der Waals surface area (Å²) in [4.78, 5) is 14.4. The fourth-order valence-corrected chi connectivity index (χ4v) is 3.10. The smallest absolute Gasteiger partial charge is 0.318 e. The minimum atomic E-state index is -0.0602. The van der Waals surface area contributed by atoms with Crippen molar-refractivity contribution in [1.82, 2.24) is 15.4 Å². The molecule has 1 N–H and O–H groups in total. The van der Waals surface area contributed by atoms with Gasteiger partial charge in [0.05, 0.1) is 18.3 Å². The summed E-state index contributed by atoms with van der Waals surface area (Å²) in [5, 5.41) is 6.94. The Labute approximate surface area is 148 Å². The highest BCUT2D eigenvalue weighted by molar-refractivity contribution is 5.75. The van der Waals surface area contributed by atoms with Gasteiger partial charge < -0.3 is 19.5 Å². The van der Waals surface area contributed by atoms with Gasteiger partial charge in [-0.05, 0) is 37.8 Å². The first-order valence-corrected chi connectivity index (χ1v) is 8.80. The average molecular weight is 343 g/mol. The number of hydrogen-bond donors (Lipinski definition) is 1. The Hall–Kier alpha value is -2.34. The van der Waals surface area contributed by atoms with Crippen molar-refractivity contribution in [3.05, 3.63) is 52.9 Å². The predicted molar refractivity (Wildman–Crippen MR) is 93.9 cm³/mol. The van der Waals surface area contributed by atoms with E-state index >= 15 is 0 Å². The van der Waals surface area contributed by atoms with Gasteiger partial charge in [-0.25, -0.2) is 4.79 Å². The maximum Gasteiger partial charge on any atom is 0.318 e. The molecule has 1 aliphatic heterocycles. The maximum atomic E-state index is 12.6. The van der Waals surface area contributed by atoms with Crippen LogP contribution in [-0.4, -0.2) is 29.2 Å². The van der Waals surface area contributed by atoms with Crippen molar-refractivity contribution in [2.24, 2.45) is 0 Å². The fraction of sp³-hybridized carbons (Fsp3) is 0.474. The fourth-order valence-electron chi connectivity index (χ4n) is 3.10. The van der Waals surface area contributed by atoms with E-state index in [-0.39, 0.29) is 12.1 Å². The van der Waals surface area contributed by atoms with E-state index in [0.717, 1.165) is 42.0 Å². The lowest BCUT2D eigenvalue weighted by atomic mass is 10.1. The number of aromatic nitrogens is 1. The third-order valence-electron chi connectivity index (χ3n) is 4.43. The molecule has 2 amide bonds. The summed E-state index contributed by atoms with van der Waals surface area (Å²) < 4.78 is 10.7. The van der Waals surface area contributed by atoms with E-state index < -0.39 is 0 Å². The molecule has 0 radical (unpaired) electrons. The van der Waals surface area contributed by atoms with Gasteiger partial charge in [0.15, 0.2) is 5.76 Å². The molecule has 134 valence electrons. The molecule has 1 unspecified atom stereocenters. The Morgan fingerprint density at radius 1 is 1.36 bits per heavy atom. The van der Waals surface area contributed by atoms with Crippen LogP contribution >= 0.6 is 0 Å². The van der Waals surface area contributed by atoms with Crippen LogP contribution in [0.5, 0.6) is 0 Å². The van der Waals surface area contributed by atoms with Crippen LogP contribution in [0.15, 0.2) is 34.9 Å². The van der Waals surface area contributed by atoms with Gasteiger partial charge in [0.25, 0.3) is 0 Å². The molecular weight excluding hydrogens is 318 g/mol. The standard InChI is InChI=1S/C19H25N3O3/c1-3-24-13-16-8-6-15(7-9-16)12-20-19(23)22-10-4-5-17(22)18-11-14(2)21-25-18/h6-9,11,17H,3-5,10,12-13H2,1-2H3,(H,20,23). The Kier molecular flexibility index (Phi) is 5.71. The zero-order valence-electron chi connectivity index (χ0n) is 14.8. The van der Waals surface area contributed by atoms with E-state index in [4.69, 9.17) is 9.26 Å². The van der Waals surface area contributed by atoms with Crippen molar-refractivity contribution in [2.45, 2.75) is 45.9 Å². The Morgan fingerprint density at radius 2 is 2.12 bits per heavy atom. The molecule has 1 aromatic heterocycles. The first kappa shape index (κ1) is 17.5. The molecule has 0 aliphatic carbocycles. The molecule has 2 aromatic rings. The van der Waals surface area contributed by atoms with Crippen molar-refractivity contribution in [3.63, 3.8) is 0 Å². The van der Waals surface area contributed by atoms with Gasteiger partial charge >= 0.3 is 6.03 Å². The number of rotatable bonds is 6. The van der Waals surface area contributed by atoms with Crippen molar-refractivity contribution in [2.75, 3.05) is 13.2 Å². The molecule has 25 heavy (non-hydrogen) atoms. The summed E-state index contributed by atoms with van der Waals surface area (Å²) in [7, 11) is 0. The number of aryl methyl sites for hydroxylation is 1. The number of carbonyl (C=O) groups is 1. The monoisotopic (exact) mass is 343 g/mol. The topological polar surface area (TPSA) is 67.6 Å². The lowest BCUT2D eigenvalue weighted by Crippen LogP contribution is -2.39. The first-order valence-electron chi connectivity index (χ1n) is 8.80. The third kappa shape index (κ3) is 4.39. The van der Waals surface area contributed by atoms with Crippen LogP contribution < -0.4 is 5.32 Å². The average Bonchev–Trinajstić information content (AvgIpc) is 3.27. The Bertz CT molecular complexity index is 696. The molecule has 6 nitrogen and oxygen atoms in total. The van der Waals surface area contributed by atoms with Crippen LogP contribution in [0.25, 0.3) is 0 Å². The van der Waals surface area contributed by atoms with Crippen LogP contribution in [-0.2, 0) is 17.9 Å². The summed E-state index contributed by atoms with van der Waals surface area (Å²) in [6.45, 7) is 6.45. The molecule has 2 heterocycles. The summed E-state index contributed by atoms with van der Waals surface area (Å²) >= 11 is 0. The molecular formula is C19H25N3O3. The number of nitrogens with one attached hydrogen (secondary N) is 1. The summed E-state index contributed by atoms with van der Waals surface area (Å²) in [6, 6.07) is 9.95. The molecule has 1 saturated heterocycles. The molecule has 0 spiro atoms. The van der Waals surface area contributed by atoms with Crippen molar-refractivity contribution in [3.8, 4) is 0 Å². The van der Waals surface area contributed by atoms with E-state index in [1.807, 2.05) is 49.1 Å². The van der Waals surface area contributed by atoms with Crippen LogP contribution in [0.1, 0.15) is 48.4 Å². The molecule has 1 fully saturated rings. The SMILES string of the molecule is CCOCc1ccc(CNC(=O)N2CCCC2c2cc(C)no2)cc1. The predicted octanol–water partition coefficient (Wildman–Crippen LogP) is 3.57. The normalized spacial score (nSPS) is 17.0. The van der Waals surface area contributed by atoms with Crippen molar-refractivity contribution >= 4 is 6.03 Å². The molecule has 0 bridgehead atoms. The summed E-state index contributed by atoms with van der Waals surface area (Å²) in [5.74, 6) is 0.769. The molecule has 6 heteroatoms. The number of amides is 2. The van der Waals surface area contributed by atoms with Gasteiger partial charge in [-0.1, -0.05) is 29.4 Å². The van der Waals surface area contributed by atoms with Gasteiger partial charge in [-0.15, -0.1) is 0 Å². The highest BCUT2D eigenvalue weighted by atomic mass is 16.5. The van der Waals surface area contributed by atoms with Crippen LogP contribution in [0.3, 0.4) is 0 Å². The summed E-state index contributed by atoms with van der Waals surface area (Å²) in [6.07, 6.45) is 1.89.